The number of aliphatic hydroxyl groups excluding tert-OH is 1. The minimum absolute atomic E-state index is 0.113. The van der Waals surface area contributed by atoms with Crippen molar-refractivity contribution in [3.63, 3.8) is 0 Å². The van der Waals surface area contributed by atoms with Crippen LogP contribution in [0.2, 0.25) is 0 Å². The molecule has 2 aliphatic rings. The zero-order chi connectivity index (χ0) is 12.3. The molecule has 0 spiro atoms. The molecule has 94 valence electrons. The zero-order valence-electron chi connectivity index (χ0n) is 11.2. The van der Waals surface area contributed by atoms with Crippen molar-refractivity contribution in [3.05, 3.63) is 28.5 Å². The number of hydrogen-bond acceptors (Lipinski definition) is 1. The van der Waals surface area contributed by atoms with Gasteiger partial charge in [0.2, 0.25) is 0 Å². The summed E-state index contributed by atoms with van der Waals surface area (Å²) in [4.78, 5) is 0. The molecule has 0 unspecified atom stereocenters. The predicted molar refractivity (Wildman–Crippen MR) is 71.8 cm³/mol. The fourth-order valence-corrected chi connectivity index (χ4v) is 3.35. The smallest absolute Gasteiger partial charge is 0.0686 e. The Hall–Kier alpha value is -0.780. The average Bonchev–Trinajstić information content (AvgIpc) is 2.49. The molecule has 0 aromatic heterocycles. The van der Waals surface area contributed by atoms with Crippen LogP contribution < -0.4 is 0 Å². The van der Waals surface area contributed by atoms with Gasteiger partial charge in [0.05, 0.1) is 6.61 Å². The van der Waals surface area contributed by atoms with Crippen LogP contribution in [0.15, 0.2) is 28.5 Å². The fraction of sp³-hybridized carbons (Fsp3) is 0.688. The molecule has 0 aliphatic heterocycles. The Labute approximate surface area is 105 Å². The van der Waals surface area contributed by atoms with E-state index < -0.39 is 0 Å². The number of rotatable bonds is 1. The molecule has 2 aliphatic carbocycles. The van der Waals surface area contributed by atoms with Crippen LogP contribution in [0.1, 0.15) is 58.8 Å². The van der Waals surface area contributed by atoms with E-state index in [-0.39, 0.29) is 6.61 Å². The normalized spacial score (nSPS) is 23.8. The van der Waals surface area contributed by atoms with Crippen molar-refractivity contribution < 1.29 is 5.11 Å². The van der Waals surface area contributed by atoms with E-state index >= 15 is 0 Å². The second-order valence-corrected chi connectivity index (χ2v) is 5.95. The van der Waals surface area contributed by atoms with Crippen molar-refractivity contribution in [1.29, 1.82) is 0 Å². The Morgan fingerprint density at radius 1 is 1.18 bits per heavy atom. The quantitative estimate of drug-likeness (QED) is 0.532. The second-order valence-electron chi connectivity index (χ2n) is 5.95. The molecule has 0 heterocycles. The van der Waals surface area contributed by atoms with Gasteiger partial charge in [-0.3, -0.25) is 0 Å². The first-order valence-corrected chi connectivity index (χ1v) is 6.88. The summed E-state index contributed by atoms with van der Waals surface area (Å²) in [7, 11) is 0. The topological polar surface area (TPSA) is 20.2 Å². The molecular weight excluding hydrogens is 208 g/mol. The van der Waals surface area contributed by atoms with E-state index in [1.54, 1.807) is 17.2 Å². The highest BCUT2D eigenvalue weighted by atomic mass is 16.2. The molecule has 0 bridgehead atoms. The molecule has 1 nitrogen and oxygen atoms in total. The van der Waals surface area contributed by atoms with Crippen molar-refractivity contribution in [2.24, 2.45) is 5.41 Å². The third-order valence-electron chi connectivity index (χ3n) is 4.33. The lowest BCUT2D eigenvalue weighted by atomic mass is 9.71. The molecule has 0 saturated heterocycles. The summed E-state index contributed by atoms with van der Waals surface area (Å²) in [6.07, 6.45) is 10.5. The summed E-state index contributed by atoms with van der Waals surface area (Å²) in [5.41, 5.74) is 8.53. The number of aliphatic hydroxyl groups is 1. The maximum absolute atomic E-state index is 8.81. The van der Waals surface area contributed by atoms with Crippen molar-refractivity contribution in [3.8, 4) is 0 Å². The summed E-state index contributed by atoms with van der Waals surface area (Å²) in [6, 6.07) is 0. The Morgan fingerprint density at radius 3 is 2.71 bits per heavy atom. The van der Waals surface area contributed by atoms with Gasteiger partial charge >= 0.3 is 0 Å². The van der Waals surface area contributed by atoms with Crippen LogP contribution >= 0.6 is 0 Å². The third kappa shape index (κ3) is 2.91. The highest BCUT2D eigenvalue weighted by Gasteiger charge is 2.30. The SMILES string of the molecule is CC1(C)CCCC2=C1CCC(=C=CCO)CC2. The van der Waals surface area contributed by atoms with Gasteiger partial charge in [-0.05, 0) is 62.0 Å². The van der Waals surface area contributed by atoms with Crippen molar-refractivity contribution in [2.75, 3.05) is 6.61 Å². The molecule has 0 atom stereocenters. The Balaban J connectivity index is 2.18. The van der Waals surface area contributed by atoms with E-state index in [1.807, 2.05) is 0 Å². The summed E-state index contributed by atoms with van der Waals surface area (Å²) in [6.45, 7) is 4.92. The molecule has 17 heavy (non-hydrogen) atoms. The second kappa shape index (κ2) is 5.25. The largest absolute Gasteiger partial charge is 0.392 e. The summed E-state index contributed by atoms with van der Waals surface area (Å²) in [5.74, 6) is 0. The highest BCUT2D eigenvalue weighted by molar-refractivity contribution is 5.28. The van der Waals surface area contributed by atoms with Gasteiger partial charge < -0.3 is 5.11 Å². The van der Waals surface area contributed by atoms with Gasteiger partial charge in [-0.15, -0.1) is 5.73 Å². The monoisotopic (exact) mass is 232 g/mol. The first kappa shape index (κ1) is 12.7. The molecular formula is C16H24O. The molecule has 0 aromatic carbocycles. The van der Waals surface area contributed by atoms with Crippen LogP contribution in [0.4, 0.5) is 0 Å². The van der Waals surface area contributed by atoms with Gasteiger partial charge in [-0.1, -0.05) is 25.0 Å². The highest BCUT2D eigenvalue weighted by Crippen LogP contribution is 2.46. The van der Waals surface area contributed by atoms with Crippen molar-refractivity contribution >= 4 is 0 Å². The van der Waals surface area contributed by atoms with Crippen LogP contribution in [0.5, 0.6) is 0 Å². The lowest BCUT2D eigenvalue weighted by molar-refractivity contribution is 0.343. The van der Waals surface area contributed by atoms with Gasteiger partial charge in [-0.25, -0.2) is 0 Å². The molecule has 0 radical (unpaired) electrons. The molecule has 0 fully saturated rings. The van der Waals surface area contributed by atoms with Gasteiger partial charge in [0, 0.05) is 0 Å². The van der Waals surface area contributed by atoms with E-state index in [2.05, 4.69) is 19.6 Å². The van der Waals surface area contributed by atoms with Gasteiger partial charge in [-0.2, -0.15) is 0 Å². The van der Waals surface area contributed by atoms with Gasteiger partial charge in [0.15, 0.2) is 0 Å². The third-order valence-corrected chi connectivity index (χ3v) is 4.33. The first-order chi connectivity index (χ1) is 8.13. The fourth-order valence-electron chi connectivity index (χ4n) is 3.35. The van der Waals surface area contributed by atoms with Crippen LogP contribution in [0.3, 0.4) is 0 Å². The minimum atomic E-state index is 0.113. The van der Waals surface area contributed by atoms with Crippen LogP contribution in [-0.2, 0) is 0 Å². The Kier molecular flexibility index (Phi) is 3.91. The van der Waals surface area contributed by atoms with Gasteiger partial charge in [0.1, 0.15) is 0 Å². The van der Waals surface area contributed by atoms with Crippen LogP contribution in [0, 0.1) is 5.41 Å². The van der Waals surface area contributed by atoms with E-state index in [0.29, 0.717) is 5.41 Å². The lowest BCUT2D eigenvalue weighted by Gasteiger charge is -2.34. The van der Waals surface area contributed by atoms with Crippen molar-refractivity contribution in [2.45, 2.75) is 58.8 Å². The zero-order valence-corrected chi connectivity index (χ0v) is 11.2. The summed E-state index contributed by atoms with van der Waals surface area (Å²) < 4.78 is 0. The van der Waals surface area contributed by atoms with Crippen LogP contribution in [-0.4, -0.2) is 11.7 Å². The Bertz CT molecular complexity index is 378. The lowest BCUT2D eigenvalue weighted by Crippen LogP contribution is -2.20. The minimum Gasteiger partial charge on any atom is -0.392 e. The van der Waals surface area contributed by atoms with Crippen LogP contribution in [0.25, 0.3) is 0 Å². The number of hydrogen-bond donors (Lipinski definition) is 1. The Morgan fingerprint density at radius 2 is 1.94 bits per heavy atom. The molecule has 0 saturated carbocycles. The van der Waals surface area contributed by atoms with Crippen molar-refractivity contribution in [1.82, 2.24) is 0 Å². The number of allylic oxidation sites excluding steroid dienone is 2. The molecule has 0 amide bonds. The first-order valence-electron chi connectivity index (χ1n) is 6.88. The van der Waals surface area contributed by atoms with E-state index in [9.17, 15) is 0 Å². The summed E-state index contributed by atoms with van der Waals surface area (Å²) >= 11 is 0. The predicted octanol–water partition coefficient (Wildman–Crippen LogP) is 4.14. The molecule has 2 rings (SSSR count). The standard InChI is InChI=1S/C16H24O/c1-16(2)11-3-6-14-9-7-13(5-4-12-17)8-10-15(14)16/h4,17H,3,6-12H2,1-2H3. The molecule has 1 heteroatoms. The van der Waals surface area contributed by atoms with Gasteiger partial charge in [0.25, 0.3) is 0 Å². The maximum atomic E-state index is 8.81. The maximum Gasteiger partial charge on any atom is 0.0686 e. The summed E-state index contributed by atoms with van der Waals surface area (Å²) in [5, 5.41) is 8.81. The average molecular weight is 232 g/mol. The van der Waals surface area contributed by atoms with E-state index in [0.717, 1.165) is 12.8 Å². The van der Waals surface area contributed by atoms with E-state index in [4.69, 9.17) is 5.11 Å². The van der Waals surface area contributed by atoms with E-state index in [1.165, 1.54) is 37.7 Å². The molecule has 0 aromatic rings. The molecule has 1 N–H and O–H groups in total.